The van der Waals surface area contributed by atoms with Gasteiger partial charge in [0.2, 0.25) is 0 Å². The molecule has 6 aliphatic rings. The normalized spacial score (nSPS) is 59.2. The number of fused-ring (bicyclic) bond motifs is 2. The highest BCUT2D eigenvalue weighted by Crippen LogP contribution is 2.89. The van der Waals surface area contributed by atoms with Gasteiger partial charge >= 0.3 is 0 Å². The lowest BCUT2D eigenvalue weighted by atomic mass is 9.41. The summed E-state index contributed by atoms with van der Waals surface area (Å²) in [6, 6.07) is 0. The molecule has 33 heavy (non-hydrogen) atoms. The van der Waals surface area contributed by atoms with E-state index in [1.165, 1.54) is 51.4 Å². The Kier molecular flexibility index (Phi) is 4.66. The summed E-state index contributed by atoms with van der Waals surface area (Å²) >= 11 is 0. The van der Waals surface area contributed by atoms with Gasteiger partial charge in [0, 0.05) is 6.42 Å². The number of aliphatic hydroxyl groups excluding tert-OH is 2. The zero-order valence-corrected chi connectivity index (χ0v) is 22.4. The van der Waals surface area contributed by atoms with Crippen molar-refractivity contribution >= 4 is 0 Å². The number of hydrogen-bond acceptors (Lipinski definition) is 3. The number of rotatable bonds is 2. The molecule has 5 aliphatic carbocycles. The van der Waals surface area contributed by atoms with Gasteiger partial charge in [0.05, 0.1) is 23.9 Å². The lowest BCUT2D eigenvalue weighted by Crippen LogP contribution is -2.57. The molecule has 0 aromatic heterocycles. The fourth-order valence-electron chi connectivity index (χ4n) is 11.8. The van der Waals surface area contributed by atoms with E-state index < -0.39 is 5.60 Å². The van der Waals surface area contributed by atoms with Gasteiger partial charge in [0.25, 0.3) is 0 Å². The zero-order valence-electron chi connectivity index (χ0n) is 22.4. The molecule has 6 fully saturated rings. The van der Waals surface area contributed by atoms with Crippen molar-refractivity contribution in [3.05, 3.63) is 0 Å². The Labute approximate surface area is 202 Å². The van der Waals surface area contributed by atoms with Gasteiger partial charge in [-0.2, -0.15) is 0 Å². The summed E-state index contributed by atoms with van der Waals surface area (Å²) in [5.41, 5.74) is 1.55. The first-order valence-corrected chi connectivity index (χ1v) is 14.3. The molecule has 0 amide bonds. The summed E-state index contributed by atoms with van der Waals surface area (Å²) in [5.74, 6) is 2.78. The molecule has 3 heteroatoms. The molecule has 1 aliphatic heterocycles. The van der Waals surface area contributed by atoms with Crippen molar-refractivity contribution in [3.63, 3.8) is 0 Å². The molecule has 0 aromatic carbocycles. The average Bonchev–Trinajstić information content (AvgIpc) is 3.21. The predicted molar refractivity (Wildman–Crippen MR) is 132 cm³/mol. The van der Waals surface area contributed by atoms with E-state index in [1.807, 2.05) is 0 Å². The molecule has 2 N–H and O–H groups in total. The van der Waals surface area contributed by atoms with E-state index in [1.54, 1.807) is 0 Å². The lowest BCUT2D eigenvalue weighted by molar-refractivity contribution is -0.166. The Morgan fingerprint density at radius 1 is 0.727 bits per heavy atom. The molecule has 3 nitrogen and oxygen atoms in total. The van der Waals surface area contributed by atoms with Crippen LogP contribution in [0.3, 0.4) is 0 Å². The molecule has 11 atom stereocenters. The van der Waals surface area contributed by atoms with Gasteiger partial charge in [-0.05, 0) is 122 Å². The van der Waals surface area contributed by atoms with Gasteiger partial charge in [-0.3, -0.25) is 0 Å². The van der Waals surface area contributed by atoms with Crippen molar-refractivity contribution in [2.45, 2.75) is 137 Å². The van der Waals surface area contributed by atoms with E-state index in [9.17, 15) is 10.2 Å². The summed E-state index contributed by atoms with van der Waals surface area (Å²) in [7, 11) is 0. The van der Waals surface area contributed by atoms with Crippen LogP contribution in [-0.2, 0) is 4.74 Å². The highest BCUT2D eigenvalue weighted by molar-refractivity contribution is 5.30. The van der Waals surface area contributed by atoms with Crippen molar-refractivity contribution in [2.75, 3.05) is 0 Å². The monoisotopic (exact) mass is 458 g/mol. The largest absolute Gasteiger partial charge is 0.393 e. The minimum absolute atomic E-state index is 0.0779. The minimum Gasteiger partial charge on any atom is -0.393 e. The molecular weight excluding hydrogens is 408 g/mol. The highest BCUT2D eigenvalue weighted by Gasteiger charge is 2.82. The van der Waals surface area contributed by atoms with E-state index >= 15 is 0 Å². The Morgan fingerprint density at radius 3 is 2.06 bits per heavy atom. The van der Waals surface area contributed by atoms with Gasteiger partial charge in [0.1, 0.15) is 0 Å². The summed E-state index contributed by atoms with van der Waals surface area (Å²) in [6.07, 6.45) is 12.5. The third-order valence-electron chi connectivity index (χ3n) is 14.1. The first-order chi connectivity index (χ1) is 15.3. The molecule has 2 spiro atoms. The molecule has 1 saturated heterocycles. The average molecular weight is 459 g/mol. The van der Waals surface area contributed by atoms with Gasteiger partial charge in [-0.25, -0.2) is 0 Å². The van der Waals surface area contributed by atoms with E-state index in [-0.39, 0.29) is 23.7 Å². The summed E-state index contributed by atoms with van der Waals surface area (Å²) in [4.78, 5) is 0. The molecule has 0 bridgehead atoms. The number of hydrogen-bond donors (Lipinski definition) is 2. The van der Waals surface area contributed by atoms with Crippen LogP contribution in [0, 0.1) is 50.7 Å². The van der Waals surface area contributed by atoms with Crippen molar-refractivity contribution in [2.24, 2.45) is 50.7 Å². The van der Waals surface area contributed by atoms with Crippen molar-refractivity contribution in [1.29, 1.82) is 0 Å². The highest BCUT2D eigenvalue weighted by atomic mass is 16.5. The molecule has 1 heterocycles. The van der Waals surface area contributed by atoms with Crippen LogP contribution in [0.4, 0.5) is 0 Å². The Morgan fingerprint density at radius 2 is 1.39 bits per heavy atom. The van der Waals surface area contributed by atoms with Crippen LogP contribution in [0.15, 0.2) is 0 Å². The van der Waals surface area contributed by atoms with Crippen molar-refractivity contribution in [3.8, 4) is 0 Å². The van der Waals surface area contributed by atoms with E-state index in [0.717, 1.165) is 18.8 Å². The van der Waals surface area contributed by atoms with Gasteiger partial charge in [-0.15, -0.1) is 0 Å². The second-order valence-corrected chi connectivity index (χ2v) is 15.4. The first-order valence-electron chi connectivity index (χ1n) is 14.3. The maximum Gasteiger partial charge on any atom is 0.0889 e. The van der Waals surface area contributed by atoms with Gasteiger partial charge in [-0.1, -0.05) is 34.6 Å². The predicted octanol–water partition coefficient (Wildman–Crippen LogP) is 6.35. The molecule has 6 rings (SSSR count). The fraction of sp³-hybridized carbons (Fsp3) is 1.00. The quantitative estimate of drug-likeness (QED) is 0.507. The van der Waals surface area contributed by atoms with Crippen LogP contribution in [-0.4, -0.2) is 34.1 Å². The number of ether oxygens (including phenoxy) is 1. The summed E-state index contributed by atoms with van der Waals surface area (Å²) < 4.78 is 6.46. The smallest absolute Gasteiger partial charge is 0.0889 e. The zero-order chi connectivity index (χ0) is 23.8. The van der Waals surface area contributed by atoms with Crippen LogP contribution in [0.25, 0.3) is 0 Å². The molecule has 0 radical (unpaired) electrons. The second-order valence-electron chi connectivity index (χ2n) is 15.4. The van der Waals surface area contributed by atoms with Crippen LogP contribution in [0.5, 0.6) is 0 Å². The first kappa shape index (κ1) is 23.3. The van der Waals surface area contributed by atoms with Gasteiger partial charge in [0.15, 0.2) is 0 Å². The third kappa shape index (κ3) is 2.59. The molecule has 0 aromatic rings. The fourth-order valence-corrected chi connectivity index (χ4v) is 11.8. The van der Waals surface area contributed by atoms with Crippen LogP contribution in [0.2, 0.25) is 0 Å². The third-order valence-corrected chi connectivity index (χ3v) is 14.1. The maximum atomic E-state index is 10.9. The lowest BCUT2D eigenvalue weighted by Gasteiger charge is -2.63. The standard InChI is InChI=1S/C30H50O3/c1-18(20-16-24(32)26(4,5)33-20)19-10-12-28(7)22-9-8-21-25(2,3)23(31)11-13-29(21)17-30(22,29)15-14-27(19,28)6/h18-24,31-32H,8-17H2,1-7H3/t18-,19+,20+,21-,22-,23-,24-,27+,28-,29+,30-/m0/s1. The van der Waals surface area contributed by atoms with Crippen LogP contribution < -0.4 is 0 Å². The maximum absolute atomic E-state index is 10.9. The van der Waals surface area contributed by atoms with Gasteiger partial charge < -0.3 is 14.9 Å². The summed E-state index contributed by atoms with van der Waals surface area (Å²) in [6.45, 7) is 16.6. The van der Waals surface area contributed by atoms with E-state index in [2.05, 4.69) is 48.5 Å². The van der Waals surface area contributed by atoms with Crippen molar-refractivity contribution < 1.29 is 14.9 Å². The molecule has 0 unspecified atom stereocenters. The van der Waals surface area contributed by atoms with E-state index in [0.29, 0.717) is 39.4 Å². The number of aliphatic hydroxyl groups is 2. The molecule has 5 saturated carbocycles. The Bertz CT molecular complexity index is 834. The van der Waals surface area contributed by atoms with Crippen LogP contribution in [0.1, 0.15) is 113 Å². The second kappa shape index (κ2) is 6.60. The van der Waals surface area contributed by atoms with Crippen LogP contribution >= 0.6 is 0 Å². The van der Waals surface area contributed by atoms with Crippen molar-refractivity contribution in [1.82, 2.24) is 0 Å². The topological polar surface area (TPSA) is 49.7 Å². The molecular formula is C30H50O3. The molecule has 188 valence electrons. The summed E-state index contributed by atoms with van der Waals surface area (Å²) in [5, 5.41) is 21.5. The Balaban J connectivity index is 1.29. The Hall–Kier alpha value is -0.120. The minimum atomic E-state index is -0.407. The van der Waals surface area contributed by atoms with E-state index in [4.69, 9.17) is 4.74 Å². The SMILES string of the molecule is C[C@@H]([C@H]1CC[C@@]2(C)[C@@H]3CC[C@H]4C(C)(C)[C@@H](O)CC[C@@]45C[C@@]35CC[C@]12C)[C@H]1C[C@H](O)C(C)(C)O1.